The van der Waals surface area contributed by atoms with Gasteiger partial charge in [0.05, 0.1) is 13.2 Å². The molecule has 2 aromatic rings. The SMILES string of the molecule is O=C(Nc1ccc(C(=O)Nc2ccc(F)c(S(=O)(=O)N3CCOCC3)c2)cc1)NC1CC1. The van der Waals surface area contributed by atoms with Crippen molar-refractivity contribution in [2.45, 2.75) is 23.8 Å². The van der Waals surface area contributed by atoms with Crippen LogP contribution < -0.4 is 16.0 Å². The van der Waals surface area contributed by atoms with Gasteiger partial charge in [0.2, 0.25) is 10.0 Å². The van der Waals surface area contributed by atoms with Crippen molar-refractivity contribution in [3.63, 3.8) is 0 Å². The van der Waals surface area contributed by atoms with Crippen LogP contribution >= 0.6 is 0 Å². The second kappa shape index (κ2) is 9.23. The molecular weight excluding hydrogens is 439 g/mol. The van der Waals surface area contributed by atoms with Crippen molar-refractivity contribution in [2.75, 3.05) is 36.9 Å². The lowest BCUT2D eigenvalue weighted by Gasteiger charge is -2.26. The largest absolute Gasteiger partial charge is 0.379 e. The van der Waals surface area contributed by atoms with Crippen molar-refractivity contribution in [3.05, 3.63) is 53.8 Å². The van der Waals surface area contributed by atoms with Gasteiger partial charge in [0, 0.05) is 36.1 Å². The molecule has 9 nitrogen and oxygen atoms in total. The van der Waals surface area contributed by atoms with Gasteiger partial charge in [-0.2, -0.15) is 4.31 Å². The third kappa shape index (κ3) is 5.23. The Morgan fingerprint density at radius 3 is 2.28 bits per heavy atom. The van der Waals surface area contributed by atoms with Gasteiger partial charge in [-0.25, -0.2) is 17.6 Å². The van der Waals surface area contributed by atoms with E-state index >= 15 is 0 Å². The van der Waals surface area contributed by atoms with Crippen molar-refractivity contribution < 1.29 is 27.1 Å². The molecule has 0 spiro atoms. The maximum absolute atomic E-state index is 14.3. The van der Waals surface area contributed by atoms with Crippen LogP contribution in [0.5, 0.6) is 0 Å². The first-order valence-electron chi connectivity index (χ1n) is 10.2. The molecule has 0 radical (unpaired) electrons. The number of carbonyl (C=O) groups excluding carboxylic acids is 2. The Morgan fingerprint density at radius 1 is 0.969 bits per heavy atom. The van der Waals surface area contributed by atoms with Crippen molar-refractivity contribution >= 4 is 33.3 Å². The number of halogens is 1. The number of rotatable bonds is 6. The summed E-state index contributed by atoms with van der Waals surface area (Å²) >= 11 is 0. The van der Waals surface area contributed by atoms with Crippen LogP contribution in [-0.4, -0.2) is 57.0 Å². The second-order valence-corrected chi connectivity index (χ2v) is 9.47. The summed E-state index contributed by atoms with van der Waals surface area (Å²) in [6.45, 7) is 0.754. The van der Waals surface area contributed by atoms with Gasteiger partial charge < -0.3 is 20.7 Å². The summed E-state index contributed by atoms with van der Waals surface area (Å²) in [5.41, 5.74) is 0.967. The maximum Gasteiger partial charge on any atom is 0.319 e. The normalized spacial score (nSPS) is 16.9. The monoisotopic (exact) mass is 462 g/mol. The summed E-state index contributed by atoms with van der Waals surface area (Å²) in [4.78, 5) is 23.9. The van der Waals surface area contributed by atoms with E-state index in [1.54, 1.807) is 12.1 Å². The standard InChI is InChI=1S/C21H23FN4O5S/c22-18-8-7-17(13-19(18)32(29,30)26-9-11-31-12-10-26)23-20(27)14-1-3-15(4-2-14)24-21(28)25-16-5-6-16/h1-4,7-8,13,16H,5-6,9-12H2,(H,23,27)(H2,24,25,28). The molecule has 2 aromatic carbocycles. The molecule has 1 saturated heterocycles. The summed E-state index contributed by atoms with van der Waals surface area (Å²) in [6.07, 6.45) is 1.96. The number of ether oxygens (including phenoxy) is 1. The minimum Gasteiger partial charge on any atom is -0.379 e. The Balaban J connectivity index is 1.43. The quantitative estimate of drug-likeness (QED) is 0.610. The minimum atomic E-state index is -4.06. The molecule has 32 heavy (non-hydrogen) atoms. The van der Waals surface area contributed by atoms with Crippen LogP contribution in [0.15, 0.2) is 47.4 Å². The predicted octanol–water partition coefficient (Wildman–Crippen LogP) is 2.38. The van der Waals surface area contributed by atoms with E-state index in [4.69, 9.17) is 4.74 Å². The number of sulfonamides is 1. The van der Waals surface area contributed by atoms with Crippen molar-refractivity contribution in [3.8, 4) is 0 Å². The highest BCUT2D eigenvalue weighted by molar-refractivity contribution is 7.89. The van der Waals surface area contributed by atoms with Crippen molar-refractivity contribution in [1.29, 1.82) is 0 Å². The van der Waals surface area contributed by atoms with E-state index < -0.39 is 26.6 Å². The Labute approximate surface area is 185 Å². The molecule has 3 N–H and O–H groups in total. The molecule has 2 fully saturated rings. The molecule has 2 aliphatic rings. The van der Waals surface area contributed by atoms with Crippen LogP contribution in [0.25, 0.3) is 0 Å². The van der Waals surface area contributed by atoms with Crippen molar-refractivity contribution in [1.82, 2.24) is 9.62 Å². The first kappa shape index (κ1) is 22.2. The summed E-state index contributed by atoms with van der Waals surface area (Å²) in [5, 5.41) is 8.07. The molecule has 170 valence electrons. The van der Waals surface area contributed by atoms with E-state index in [2.05, 4.69) is 16.0 Å². The summed E-state index contributed by atoms with van der Waals surface area (Å²) in [6, 6.07) is 9.56. The predicted molar refractivity (Wildman–Crippen MR) is 116 cm³/mol. The van der Waals surface area contributed by atoms with E-state index in [0.29, 0.717) is 11.3 Å². The van der Waals surface area contributed by atoms with E-state index in [1.165, 1.54) is 18.2 Å². The lowest BCUT2D eigenvalue weighted by molar-refractivity contribution is 0.0729. The van der Waals surface area contributed by atoms with Gasteiger partial charge in [0.1, 0.15) is 10.7 Å². The molecule has 1 saturated carbocycles. The van der Waals surface area contributed by atoms with E-state index in [9.17, 15) is 22.4 Å². The topological polar surface area (TPSA) is 117 Å². The number of hydrogen-bond acceptors (Lipinski definition) is 5. The van der Waals surface area contributed by atoms with Gasteiger partial charge >= 0.3 is 6.03 Å². The van der Waals surface area contributed by atoms with Crippen LogP contribution in [-0.2, 0) is 14.8 Å². The first-order valence-corrected chi connectivity index (χ1v) is 11.6. The molecule has 0 aromatic heterocycles. The van der Waals surface area contributed by atoms with Crippen LogP contribution in [0.2, 0.25) is 0 Å². The molecule has 0 atom stereocenters. The Kier molecular flexibility index (Phi) is 6.40. The highest BCUT2D eigenvalue weighted by Crippen LogP contribution is 2.24. The fourth-order valence-corrected chi connectivity index (χ4v) is 4.69. The van der Waals surface area contributed by atoms with Gasteiger partial charge in [-0.1, -0.05) is 0 Å². The molecule has 11 heteroatoms. The van der Waals surface area contributed by atoms with Crippen LogP contribution in [0.3, 0.4) is 0 Å². The van der Waals surface area contributed by atoms with Gasteiger partial charge in [-0.05, 0) is 55.3 Å². The zero-order valence-electron chi connectivity index (χ0n) is 17.1. The lowest BCUT2D eigenvalue weighted by atomic mass is 10.2. The molecule has 3 amide bonds. The maximum atomic E-state index is 14.3. The third-order valence-electron chi connectivity index (χ3n) is 5.09. The molecule has 0 unspecified atom stereocenters. The Bertz CT molecular complexity index is 1110. The average Bonchev–Trinajstić information content (AvgIpc) is 3.60. The molecule has 0 bridgehead atoms. The Hall–Kier alpha value is -3.02. The lowest BCUT2D eigenvalue weighted by Crippen LogP contribution is -2.40. The van der Waals surface area contributed by atoms with Crippen LogP contribution in [0.4, 0.5) is 20.6 Å². The molecule has 1 aliphatic heterocycles. The smallest absolute Gasteiger partial charge is 0.319 e. The highest BCUT2D eigenvalue weighted by Gasteiger charge is 2.29. The number of hydrogen-bond donors (Lipinski definition) is 3. The van der Waals surface area contributed by atoms with Gasteiger partial charge in [-0.15, -0.1) is 0 Å². The molecule has 1 heterocycles. The minimum absolute atomic E-state index is 0.136. The number of nitrogens with one attached hydrogen (secondary N) is 3. The zero-order chi connectivity index (χ0) is 22.7. The Morgan fingerprint density at radius 2 is 1.62 bits per heavy atom. The van der Waals surface area contributed by atoms with Gasteiger partial charge in [0.25, 0.3) is 5.91 Å². The number of carbonyl (C=O) groups is 2. The van der Waals surface area contributed by atoms with Gasteiger partial charge in [0.15, 0.2) is 0 Å². The molecule has 1 aliphatic carbocycles. The molecule has 4 rings (SSSR count). The van der Waals surface area contributed by atoms with Crippen molar-refractivity contribution in [2.24, 2.45) is 0 Å². The third-order valence-corrected chi connectivity index (χ3v) is 7.01. The number of anilines is 2. The summed E-state index contributed by atoms with van der Waals surface area (Å²) < 4.78 is 46.2. The number of amides is 3. The summed E-state index contributed by atoms with van der Waals surface area (Å²) in [5.74, 6) is -1.39. The fraction of sp³-hybridized carbons (Fsp3) is 0.333. The molecular formula is C21H23FN4O5S. The highest BCUT2D eigenvalue weighted by atomic mass is 32.2. The van der Waals surface area contributed by atoms with E-state index in [0.717, 1.165) is 29.3 Å². The fourth-order valence-electron chi connectivity index (χ4n) is 3.19. The summed E-state index contributed by atoms with van der Waals surface area (Å²) in [7, 11) is -4.06. The van der Waals surface area contributed by atoms with Gasteiger partial charge in [-0.3, -0.25) is 4.79 Å². The average molecular weight is 463 g/mol. The number of morpholine rings is 1. The van der Waals surface area contributed by atoms with E-state index in [-0.39, 0.29) is 44.1 Å². The first-order chi connectivity index (χ1) is 15.3. The second-order valence-electron chi connectivity index (χ2n) is 7.57. The zero-order valence-corrected chi connectivity index (χ0v) is 18.0. The number of benzene rings is 2. The van der Waals surface area contributed by atoms with Crippen LogP contribution in [0, 0.1) is 5.82 Å². The van der Waals surface area contributed by atoms with E-state index in [1.807, 2.05) is 0 Å². The number of nitrogens with zero attached hydrogens (tertiary/aromatic N) is 1. The number of urea groups is 1. The van der Waals surface area contributed by atoms with Crippen LogP contribution in [0.1, 0.15) is 23.2 Å².